The number of carbonyl (C=O) groups is 1. The molecule has 2 aliphatic rings. The van der Waals surface area contributed by atoms with Crippen molar-refractivity contribution < 1.29 is 14.6 Å². The summed E-state index contributed by atoms with van der Waals surface area (Å²) in [6.45, 7) is 4.08. The molecule has 2 heterocycles. The number of benzene rings is 1. The maximum Gasteiger partial charge on any atom is 0.236 e. The van der Waals surface area contributed by atoms with Gasteiger partial charge in [-0.25, -0.2) is 0 Å². The van der Waals surface area contributed by atoms with Crippen LogP contribution in [-0.4, -0.2) is 65.7 Å². The summed E-state index contributed by atoms with van der Waals surface area (Å²) in [5.41, 5.74) is -0.898. The minimum absolute atomic E-state index is 0.182. The zero-order valence-corrected chi connectivity index (χ0v) is 15.4. The van der Waals surface area contributed by atoms with Gasteiger partial charge < -0.3 is 14.7 Å². The fourth-order valence-electron chi connectivity index (χ4n) is 3.58. The van der Waals surface area contributed by atoms with Gasteiger partial charge in [0.1, 0.15) is 18.0 Å². The molecular formula is C19H27ClN2O3. The highest BCUT2D eigenvalue weighted by Gasteiger charge is 2.32. The van der Waals surface area contributed by atoms with Gasteiger partial charge >= 0.3 is 0 Å². The van der Waals surface area contributed by atoms with Crippen LogP contribution in [0, 0.1) is 0 Å². The number of aliphatic hydroxyl groups is 1. The molecule has 0 aliphatic carbocycles. The van der Waals surface area contributed by atoms with E-state index in [4.69, 9.17) is 16.3 Å². The molecule has 6 heteroatoms. The molecule has 2 fully saturated rings. The van der Waals surface area contributed by atoms with Gasteiger partial charge in [0.2, 0.25) is 5.91 Å². The van der Waals surface area contributed by atoms with E-state index in [0.717, 1.165) is 19.5 Å². The molecule has 2 saturated heterocycles. The molecule has 0 radical (unpaired) electrons. The van der Waals surface area contributed by atoms with Gasteiger partial charge in [-0.05, 0) is 63.4 Å². The van der Waals surface area contributed by atoms with E-state index in [2.05, 4.69) is 4.90 Å². The molecule has 1 amide bonds. The van der Waals surface area contributed by atoms with E-state index in [1.54, 1.807) is 12.1 Å². The summed E-state index contributed by atoms with van der Waals surface area (Å²) < 4.78 is 5.74. The van der Waals surface area contributed by atoms with Crippen LogP contribution in [0.5, 0.6) is 5.75 Å². The van der Waals surface area contributed by atoms with Crippen LogP contribution in [0.3, 0.4) is 0 Å². The Bertz CT molecular complexity index is 592. The van der Waals surface area contributed by atoms with E-state index in [9.17, 15) is 9.90 Å². The third-order valence-corrected chi connectivity index (χ3v) is 5.37. The molecule has 0 bridgehead atoms. The number of amides is 1. The quantitative estimate of drug-likeness (QED) is 0.870. The van der Waals surface area contributed by atoms with Crippen molar-refractivity contribution in [3.05, 3.63) is 29.3 Å². The molecule has 5 nitrogen and oxygen atoms in total. The first-order chi connectivity index (χ1) is 12.0. The Hall–Kier alpha value is -1.30. The van der Waals surface area contributed by atoms with Crippen molar-refractivity contribution in [1.29, 1.82) is 0 Å². The minimum atomic E-state index is -0.898. The fourth-order valence-corrected chi connectivity index (χ4v) is 3.76. The normalized spacial score (nSPS) is 25.0. The van der Waals surface area contributed by atoms with Crippen LogP contribution in [0.15, 0.2) is 24.3 Å². The molecule has 1 N–H and O–H groups in total. The first-order valence-corrected chi connectivity index (χ1v) is 9.53. The Morgan fingerprint density at radius 2 is 1.96 bits per heavy atom. The molecule has 0 saturated carbocycles. The van der Waals surface area contributed by atoms with E-state index in [-0.39, 0.29) is 12.5 Å². The second-order valence-corrected chi connectivity index (χ2v) is 7.62. The predicted octanol–water partition coefficient (Wildman–Crippen LogP) is 2.56. The van der Waals surface area contributed by atoms with Crippen LogP contribution >= 0.6 is 11.6 Å². The summed E-state index contributed by atoms with van der Waals surface area (Å²) in [5, 5.41) is 11.5. The molecule has 1 aromatic carbocycles. The summed E-state index contributed by atoms with van der Waals surface area (Å²) in [7, 11) is 0. The number of nitrogens with zero attached hydrogens (tertiary/aromatic N) is 2. The van der Waals surface area contributed by atoms with Gasteiger partial charge in [0.25, 0.3) is 0 Å². The molecule has 138 valence electrons. The van der Waals surface area contributed by atoms with E-state index in [1.807, 2.05) is 17.0 Å². The molecule has 1 unspecified atom stereocenters. The van der Waals surface area contributed by atoms with Gasteiger partial charge in [-0.2, -0.15) is 0 Å². The average molecular weight is 367 g/mol. The molecule has 1 aromatic rings. The van der Waals surface area contributed by atoms with Crippen LogP contribution in [0.1, 0.15) is 32.1 Å². The summed E-state index contributed by atoms with van der Waals surface area (Å²) in [6.07, 6.45) is 4.35. The van der Waals surface area contributed by atoms with Gasteiger partial charge in [-0.1, -0.05) is 17.7 Å². The number of ether oxygens (including phenoxy) is 1. The summed E-state index contributed by atoms with van der Waals surface area (Å²) in [5.74, 6) is 0.842. The minimum Gasteiger partial charge on any atom is -0.491 e. The van der Waals surface area contributed by atoms with Crippen molar-refractivity contribution in [3.63, 3.8) is 0 Å². The van der Waals surface area contributed by atoms with Gasteiger partial charge in [0.05, 0.1) is 6.54 Å². The maximum atomic E-state index is 12.5. The Balaban J connectivity index is 1.50. The molecule has 1 atom stereocenters. The second kappa shape index (κ2) is 8.39. The first kappa shape index (κ1) is 18.5. The van der Waals surface area contributed by atoms with E-state index in [1.165, 1.54) is 12.8 Å². The van der Waals surface area contributed by atoms with E-state index >= 15 is 0 Å². The van der Waals surface area contributed by atoms with Crippen LogP contribution in [0.25, 0.3) is 0 Å². The Kier molecular flexibility index (Phi) is 6.20. The van der Waals surface area contributed by atoms with Crippen molar-refractivity contribution >= 4 is 17.5 Å². The SMILES string of the molecule is O=C(CN1CCCC1)N1CCCC(O)(COc2cccc(Cl)c2)CC1. The van der Waals surface area contributed by atoms with Gasteiger partial charge in [-0.3, -0.25) is 9.69 Å². The maximum absolute atomic E-state index is 12.5. The summed E-state index contributed by atoms with van der Waals surface area (Å²) in [4.78, 5) is 16.6. The monoisotopic (exact) mass is 366 g/mol. The smallest absolute Gasteiger partial charge is 0.236 e. The lowest BCUT2D eigenvalue weighted by molar-refractivity contribution is -0.132. The zero-order chi connectivity index (χ0) is 17.7. The topological polar surface area (TPSA) is 53.0 Å². The van der Waals surface area contributed by atoms with Crippen molar-refractivity contribution in [1.82, 2.24) is 9.80 Å². The number of hydrogen-bond donors (Lipinski definition) is 1. The highest BCUT2D eigenvalue weighted by Crippen LogP contribution is 2.25. The van der Waals surface area contributed by atoms with E-state index < -0.39 is 5.60 Å². The van der Waals surface area contributed by atoms with Crippen LogP contribution in [0.2, 0.25) is 5.02 Å². The van der Waals surface area contributed by atoms with E-state index in [0.29, 0.717) is 43.2 Å². The first-order valence-electron chi connectivity index (χ1n) is 9.15. The molecular weight excluding hydrogens is 340 g/mol. The molecule has 25 heavy (non-hydrogen) atoms. The van der Waals surface area contributed by atoms with Crippen LogP contribution in [-0.2, 0) is 4.79 Å². The van der Waals surface area contributed by atoms with Crippen LogP contribution in [0.4, 0.5) is 0 Å². The van der Waals surface area contributed by atoms with Crippen molar-refractivity contribution in [3.8, 4) is 5.75 Å². The Morgan fingerprint density at radius 1 is 1.16 bits per heavy atom. The number of likely N-dealkylation sites (tertiary alicyclic amines) is 2. The number of rotatable bonds is 5. The number of halogens is 1. The Morgan fingerprint density at radius 3 is 2.72 bits per heavy atom. The highest BCUT2D eigenvalue weighted by atomic mass is 35.5. The molecule has 2 aliphatic heterocycles. The zero-order valence-electron chi connectivity index (χ0n) is 14.6. The van der Waals surface area contributed by atoms with Crippen molar-refractivity contribution in [2.45, 2.75) is 37.7 Å². The van der Waals surface area contributed by atoms with Gasteiger partial charge in [-0.15, -0.1) is 0 Å². The Labute approximate surface area is 154 Å². The fraction of sp³-hybridized carbons (Fsp3) is 0.632. The lowest BCUT2D eigenvalue weighted by Gasteiger charge is -2.27. The third-order valence-electron chi connectivity index (χ3n) is 5.13. The van der Waals surface area contributed by atoms with Gasteiger partial charge in [0, 0.05) is 18.1 Å². The predicted molar refractivity (Wildman–Crippen MR) is 98.0 cm³/mol. The lowest BCUT2D eigenvalue weighted by Crippen LogP contribution is -2.41. The molecule has 3 rings (SSSR count). The standard InChI is InChI=1S/C19H27ClN2O3/c20-16-5-3-6-17(13-16)25-15-19(24)7-4-11-22(12-8-19)18(23)14-21-9-1-2-10-21/h3,5-6,13,24H,1-2,4,7-12,14-15H2. The molecule has 0 spiro atoms. The molecule has 0 aromatic heterocycles. The second-order valence-electron chi connectivity index (χ2n) is 7.19. The average Bonchev–Trinajstić information content (AvgIpc) is 3.01. The third kappa shape index (κ3) is 5.33. The van der Waals surface area contributed by atoms with Crippen molar-refractivity contribution in [2.24, 2.45) is 0 Å². The highest BCUT2D eigenvalue weighted by molar-refractivity contribution is 6.30. The van der Waals surface area contributed by atoms with Crippen LogP contribution < -0.4 is 4.74 Å². The lowest BCUT2D eigenvalue weighted by atomic mass is 9.96. The van der Waals surface area contributed by atoms with Crippen molar-refractivity contribution in [2.75, 3.05) is 39.3 Å². The number of carbonyl (C=O) groups excluding carboxylic acids is 1. The van der Waals surface area contributed by atoms with Gasteiger partial charge in [0.15, 0.2) is 0 Å². The summed E-state index contributed by atoms with van der Waals surface area (Å²) >= 11 is 5.96. The summed E-state index contributed by atoms with van der Waals surface area (Å²) in [6, 6.07) is 7.19. The largest absolute Gasteiger partial charge is 0.491 e. The number of hydrogen-bond acceptors (Lipinski definition) is 4.